The number of nitro groups is 1. The average Bonchev–Trinajstić information content (AvgIpc) is 2.40. The quantitative estimate of drug-likeness (QED) is 0.478. The molecular formula is C14H11ClN2O2. The predicted molar refractivity (Wildman–Crippen MR) is 76.3 cm³/mol. The summed E-state index contributed by atoms with van der Waals surface area (Å²) < 4.78 is 0. The van der Waals surface area contributed by atoms with Crippen molar-refractivity contribution in [3.05, 3.63) is 69.8 Å². The lowest BCUT2D eigenvalue weighted by Crippen LogP contribution is -1.90. The number of aliphatic imine (C=N–C) groups is 1. The number of non-ortho nitro benzene ring substituents is 1. The summed E-state index contributed by atoms with van der Waals surface area (Å²) in [5.74, 6) is 0. The maximum absolute atomic E-state index is 10.5. The van der Waals surface area contributed by atoms with Gasteiger partial charge in [-0.3, -0.25) is 10.1 Å². The lowest BCUT2D eigenvalue weighted by Gasteiger charge is -2.00. The largest absolute Gasteiger partial charge is 0.269 e. The molecule has 0 aromatic heterocycles. The van der Waals surface area contributed by atoms with Crippen molar-refractivity contribution < 1.29 is 4.92 Å². The molecule has 0 spiro atoms. The summed E-state index contributed by atoms with van der Waals surface area (Å²) >= 11 is 6.11. The first kappa shape index (κ1) is 13.2. The van der Waals surface area contributed by atoms with Gasteiger partial charge in [-0.25, -0.2) is 4.99 Å². The molecular weight excluding hydrogens is 264 g/mol. The molecule has 0 saturated carbocycles. The molecule has 2 rings (SSSR count). The molecule has 0 fully saturated rings. The Morgan fingerprint density at radius 3 is 2.21 bits per heavy atom. The Morgan fingerprint density at radius 1 is 1.11 bits per heavy atom. The predicted octanol–water partition coefficient (Wildman–Crippen LogP) is 4.22. The minimum Gasteiger partial charge on any atom is -0.258 e. The molecule has 0 aliphatic rings. The van der Waals surface area contributed by atoms with E-state index in [1.165, 1.54) is 12.1 Å². The molecule has 0 radical (unpaired) electrons. The van der Waals surface area contributed by atoms with Crippen LogP contribution < -0.4 is 0 Å². The van der Waals surface area contributed by atoms with E-state index in [9.17, 15) is 10.1 Å². The van der Waals surface area contributed by atoms with Gasteiger partial charge in [-0.05, 0) is 19.1 Å². The van der Waals surface area contributed by atoms with Crippen molar-refractivity contribution >= 4 is 28.1 Å². The topological polar surface area (TPSA) is 55.5 Å². The van der Waals surface area contributed by atoms with Crippen LogP contribution in [0.25, 0.3) is 0 Å². The van der Waals surface area contributed by atoms with Crippen LogP contribution in [0.2, 0.25) is 0 Å². The molecule has 0 bridgehead atoms. The molecule has 0 N–H and O–H groups in total. The third-order valence-electron chi connectivity index (χ3n) is 2.58. The fourth-order valence-electron chi connectivity index (χ4n) is 1.52. The molecule has 0 saturated heterocycles. The van der Waals surface area contributed by atoms with Crippen LogP contribution in [-0.2, 0) is 0 Å². The van der Waals surface area contributed by atoms with Gasteiger partial charge < -0.3 is 0 Å². The first-order valence-corrected chi connectivity index (χ1v) is 6.00. The molecule has 4 nitrogen and oxygen atoms in total. The average molecular weight is 275 g/mol. The van der Waals surface area contributed by atoms with E-state index in [2.05, 4.69) is 4.99 Å². The smallest absolute Gasteiger partial charge is 0.258 e. The molecule has 96 valence electrons. The van der Waals surface area contributed by atoms with Gasteiger partial charge in [-0.2, -0.15) is 0 Å². The maximum Gasteiger partial charge on any atom is 0.269 e. The number of nitro benzene ring substituents is 1. The highest BCUT2D eigenvalue weighted by Gasteiger charge is 2.04. The fourth-order valence-corrected chi connectivity index (χ4v) is 1.74. The third kappa shape index (κ3) is 3.39. The zero-order valence-electron chi connectivity index (χ0n) is 10.2. The molecule has 0 unspecified atom stereocenters. The standard InChI is InChI=1S/C14H11ClN2O2/c1-10-2-4-11(5-3-10)14(15)16-12-6-8-13(9-7-12)17(18)19/h2-9H,1H3. The Kier molecular flexibility index (Phi) is 3.92. The van der Waals surface area contributed by atoms with Gasteiger partial charge in [-0.15, -0.1) is 0 Å². The van der Waals surface area contributed by atoms with Crippen molar-refractivity contribution in [1.82, 2.24) is 0 Å². The zero-order valence-corrected chi connectivity index (χ0v) is 11.0. The van der Waals surface area contributed by atoms with Gasteiger partial charge in [0.1, 0.15) is 5.17 Å². The Hall–Kier alpha value is -2.20. The van der Waals surface area contributed by atoms with Crippen LogP contribution in [0.4, 0.5) is 11.4 Å². The van der Waals surface area contributed by atoms with Crippen LogP contribution in [0.5, 0.6) is 0 Å². The number of benzene rings is 2. The molecule has 0 atom stereocenters. The van der Waals surface area contributed by atoms with Gasteiger partial charge in [0.2, 0.25) is 0 Å². The summed E-state index contributed by atoms with van der Waals surface area (Å²) in [6.07, 6.45) is 0. The van der Waals surface area contributed by atoms with Crippen LogP contribution in [0, 0.1) is 17.0 Å². The van der Waals surface area contributed by atoms with E-state index in [1.54, 1.807) is 12.1 Å². The van der Waals surface area contributed by atoms with Crippen LogP contribution in [0.3, 0.4) is 0 Å². The molecule has 5 heteroatoms. The lowest BCUT2D eigenvalue weighted by molar-refractivity contribution is -0.384. The van der Waals surface area contributed by atoms with Gasteiger partial charge in [-0.1, -0.05) is 41.4 Å². The second-order valence-corrected chi connectivity index (χ2v) is 4.40. The Balaban J connectivity index is 2.25. The summed E-state index contributed by atoms with van der Waals surface area (Å²) in [4.78, 5) is 14.3. The number of hydrogen-bond donors (Lipinski definition) is 0. The van der Waals surface area contributed by atoms with Gasteiger partial charge in [0.25, 0.3) is 5.69 Å². The fraction of sp³-hybridized carbons (Fsp3) is 0.0714. The molecule has 0 aliphatic heterocycles. The Labute approximate surface area is 115 Å². The van der Waals surface area contributed by atoms with Crippen molar-refractivity contribution in [2.75, 3.05) is 0 Å². The van der Waals surface area contributed by atoms with Crippen LogP contribution in [0.15, 0.2) is 53.5 Å². The first-order valence-electron chi connectivity index (χ1n) is 5.62. The maximum atomic E-state index is 10.5. The molecule has 19 heavy (non-hydrogen) atoms. The van der Waals surface area contributed by atoms with Gasteiger partial charge >= 0.3 is 0 Å². The highest BCUT2D eigenvalue weighted by Crippen LogP contribution is 2.20. The van der Waals surface area contributed by atoms with Crippen LogP contribution in [0.1, 0.15) is 11.1 Å². The van der Waals surface area contributed by atoms with E-state index in [1.807, 2.05) is 31.2 Å². The van der Waals surface area contributed by atoms with Crippen molar-refractivity contribution in [3.8, 4) is 0 Å². The molecule has 2 aromatic rings. The summed E-state index contributed by atoms with van der Waals surface area (Å²) in [7, 11) is 0. The van der Waals surface area contributed by atoms with E-state index < -0.39 is 4.92 Å². The van der Waals surface area contributed by atoms with E-state index in [-0.39, 0.29) is 5.69 Å². The summed E-state index contributed by atoms with van der Waals surface area (Å²) in [5, 5.41) is 10.9. The Bertz CT molecular complexity index is 619. The van der Waals surface area contributed by atoms with Gasteiger partial charge in [0.15, 0.2) is 0 Å². The molecule has 2 aromatic carbocycles. The zero-order chi connectivity index (χ0) is 13.8. The van der Waals surface area contributed by atoms with E-state index >= 15 is 0 Å². The van der Waals surface area contributed by atoms with Crippen molar-refractivity contribution in [2.45, 2.75) is 6.92 Å². The SMILES string of the molecule is Cc1ccc(C(Cl)=Nc2ccc([N+](=O)[O-])cc2)cc1. The lowest BCUT2D eigenvalue weighted by atomic mass is 10.2. The van der Waals surface area contributed by atoms with Gasteiger partial charge in [0.05, 0.1) is 10.6 Å². The number of halogens is 1. The first-order chi connectivity index (χ1) is 9.06. The number of hydrogen-bond acceptors (Lipinski definition) is 3. The minimum absolute atomic E-state index is 0.0328. The van der Waals surface area contributed by atoms with E-state index in [0.717, 1.165) is 11.1 Å². The minimum atomic E-state index is -0.449. The van der Waals surface area contributed by atoms with Crippen molar-refractivity contribution in [3.63, 3.8) is 0 Å². The summed E-state index contributed by atoms with van der Waals surface area (Å²) in [6, 6.07) is 13.6. The van der Waals surface area contributed by atoms with Crippen LogP contribution in [-0.4, -0.2) is 10.1 Å². The van der Waals surface area contributed by atoms with E-state index in [4.69, 9.17) is 11.6 Å². The molecule has 0 amide bonds. The molecule has 0 aliphatic carbocycles. The Morgan fingerprint density at radius 2 is 1.68 bits per heavy atom. The van der Waals surface area contributed by atoms with E-state index in [0.29, 0.717) is 10.9 Å². The van der Waals surface area contributed by atoms with Crippen LogP contribution >= 0.6 is 11.6 Å². The second-order valence-electron chi connectivity index (χ2n) is 4.04. The normalized spacial score (nSPS) is 11.4. The van der Waals surface area contributed by atoms with Crippen molar-refractivity contribution in [1.29, 1.82) is 0 Å². The monoisotopic (exact) mass is 274 g/mol. The highest BCUT2D eigenvalue weighted by molar-refractivity contribution is 6.69. The van der Waals surface area contributed by atoms with Gasteiger partial charge in [0, 0.05) is 17.7 Å². The number of aryl methyl sites for hydroxylation is 1. The summed E-state index contributed by atoms with van der Waals surface area (Å²) in [6.45, 7) is 1.99. The number of nitrogens with zero attached hydrogens (tertiary/aromatic N) is 2. The highest BCUT2D eigenvalue weighted by atomic mass is 35.5. The van der Waals surface area contributed by atoms with Crippen molar-refractivity contribution in [2.24, 2.45) is 4.99 Å². The number of rotatable bonds is 3. The summed E-state index contributed by atoms with van der Waals surface area (Å²) in [5.41, 5.74) is 2.57. The second kappa shape index (κ2) is 5.63. The molecule has 0 heterocycles. The third-order valence-corrected chi connectivity index (χ3v) is 2.88.